The molecular formula is C39H38N2O. The monoisotopic (exact) mass is 550 g/mol. The zero-order valence-corrected chi connectivity index (χ0v) is 24.6. The smallest absolute Gasteiger partial charge is 0.135 e. The first-order valence-corrected chi connectivity index (χ1v) is 14.9. The topological polar surface area (TPSA) is 38.0 Å². The highest BCUT2D eigenvalue weighted by molar-refractivity contribution is 5.84. The summed E-state index contributed by atoms with van der Waals surface area (Å²) in [6, 6.07) is 44.6. The molecule has 1 N–H and O–H groups in total. The Labute approximate surface area is 249 Å². The van der Waals surface area contributed by atoms with Gasteiger partial charge in [0.2, 0.25) is 0 Å². The Hall–Kier alpha value is -4.47. The van der Waals surface area contributed by atoms with Gasteiger partial charge in [0, 0.05) is 6.20 Å². The van der Waals surface area contributed by atoms with E-state index in [1.165, 1.54) is 10.9 Å². The lowest BCUT2D eigenvalue weighted by atomic mass is 9.76. The zero-order valence-electron chi connectivity index (χ0n) is 24.6. The molecule has 0 aliphatic rings. The van der Waals surface area contributed by atoms with Gasteiger partial charge in [0.15, 0.2) is 0 Å². The highest BCUT2D eigenvalue weighted by atomic mass is 16.3. The van der Waals surface area contributed by atoms with Crippen LogP contribution in [0.5, 0.6) is 0 Å². The molecule has 1 unspecified atom stereocenters. The quantitative estimate of drug-likeness (QED) is 0.183. The number of fused-ring (bicyclic) bond motifs is 1. The largest absolute Gasteiger partial charge is 0.378 e. The van der Waals surface area contributed by atoms with Crippen LogP contribution in [0.2, 0.25) is 0 Å². The van der Waals surface area contributed by atoms with Crippen LogP contribution >= 0.6 is 0 Å². The number of aliphatic hydroxyl groups is 1. The molecular weight excluding hydrogens is 512 g/mol. The molecule has 5 aromatic carbocycles. The molecule has 0 spiro atoms. The predicted octanol–water partition coefficient (Wildman–Crippen LogP) is 8.72. The second-order valence-corrected chi connectivity index (χ2v) is 11.5. The van der Waals surface area contributed by atoms with Crippen LogP contribution in [0.4, 0.5) is 0 Å². The number of hydrogen-bond donors (Lipinski definition) is 1. The molecule has 3 heteroatoms. The van der Waals surface area contributed by atoms with Crippen LogP contribution < -0.4 is 0 Å². The molecule has 1 heterocycles. The molecule has 0 fully saturated rings. The van der Waals surface area contributed by atoms with Gasteiger partial charge in [-0.15, -0.1) is 0 Å². The van der Waals surface area contributed by atoms with Gasteiger partial charge in [-0.25, -0.2) is 4.98 Å². The van der Waals surface area contributed by atoms with Gasteiger partial charge in [-0.3, -0.25) is 0 Å². The van der Waals surface area contributed by atoms with Crippen molar-refractivity contribution >= 4 is 10.8 Å². The molecule has 210 valence electrons. The van der Waals surface area contributed by atoms with Crippen LogP contribution in [-0.4, -0.2) is 14.7 Å². The molecule has 6 aromatic rings. The van der Waals surface area contributed by atoms with E-state index in [4.69, 9.17) is 4.98 Å². The third kappa shape index (κ3) is 4.64. The van der Waals surface area contributed by atoms with Crippen LogP contribution in [0, 0.1) is 5.92 Å². The summed E-state index contributed by atoms with van der Waals surface area (Å²) in [6.45, 7) is 6.33. The summed E-state index contributed by atoms with van der Waals surface area (Å²) in [6.07, 6.45) is 6.11. The Morgan fingerprint density at radius 1 is 0.667 bits per heavy atom. The minimum Gasteiger partial charge on any atom is -0.378 e. The molecule has 0 saturated heterocycles. The number of benzene rings is 5. The molecule has 0 amide bonds. The third-order valence-corrected chi connectivity index (χ3v) is 8.65. The van der Waals surface area contributed by atoms with Crippen LogP contribution in [-0.2, 0) is 17.6 Å². The molecule has 0 aliphatic heterocycles. The van der Waals surface area contributed by atoms with Crippen molar-refractivity contribution in [2.45, 2.75) is 44.8 Å². The van der Waals surface area contributed by atoms with Gasteiger partial charge in [-0.1, -0.05) is 149 Å². The van der Waals surface area contributed by atoms with Crippen molar-refractivity contribution in [3.05, 3.63) is 173 Å². The Balaban J connectivity index is 1.55. The molecule has 42 heavy (non-hydrogen) atoms. The molecule has 6 rings (SSSR count). The minimum absolute atomic E-state index is 0.114. The molecule has 0 radical (unpaired) electrons. The molecule has 0 bridgehead atoms. The van der Waals surface area contributed by atoms with Crippen molar-refractivity contribution in [3.8, 4) is 0 Å². The van der Waals surface area contributed by atoms with E-state index in [1.54, 1.807) is 0 Å². The average molecular weight is 551 g/mol. The first-order chi connectivity index (χ1) is 20.5. The van der Waals surface area contributed by atoms with Gasteiger partial charge >= 0.3 is 0 Å². The summed E-state index contributed by atoms with van der Waals surface area (Å²) in [4.78, 5) is 4.96. The highest BCUT2D eigenvalue weighted by Gasteiger charge is 2.42. The van der Waals surface area contributed by atoms with Gasteiger partial charge < -0.3 is 9.67 Å². The number of rotatable bonds is 9. The fraction of sp³-hybridized carbons (Fsp3) is 0.205. The van der Waals surface area contributed by atoms with E-state index < -0.39 is 11.1 Å². The van der Waals surface area contributed by atoms with E-state index in [0.29, 0.717) is 5.69 Å². The Morgan fingerprint density at radius 2 is 1.19 bits per heavy atom. The van der Waals surface area contributed by atoms with Gasteiger partial charge in [-0.05, 0) is 57.0 Å². The summed E-state index contributed by atoms with van der Waals surface area (Å²) in [5, 5.41) is 14.9. The van der Waals surface area contributed by atoms with E-state index in [0.717, 1.165) is 40.5 Å². The molecule has 0 saturated carbocycles. The fourth-order valence-electron chi connectivity index (χ4n) is 6.44. The second-order valence-electron chi connectivity index (χ2n) is 11.5. The number of imidazole rings is 1. The number of nitrogens with zero attached hydrogens (tertiary/aromatic N) is 2. The van der Waals surface area contributed by atoms with Gasteiger partial charge in [-0.2, -0.15) is 0 Å². The minimum atomic E-state index is -1.28. The Morgan fingerprint density at radius 3 is 1.71 bits per heavy atom. The summed E-state index contributed by atoms with van der Waals surface area (Å²) >= 11 is 0. The Bertz CT molecular complexity index is 1680. The van der Waals surface area contributed by atoms with Crippen molar-refractivity contribution in [3.63, 3.8) is 0 Å². The van der Waals surface area contributed by atoms with Gasteiger partial charge in [0.05, 0.1) is 12.0 Å². The van der Waals surface area contributed by atoms with E-state index in [-0.39, 0.29) is 5.92 Å². The summed E-state index contributed by atoms with van der Waals surface area (Å²) < 4.78 is 2.17. The van der Waals surface area contributed by atoms with Crippen molar-refractivity contribution < 1.29 is 5.11 Å². The predicted molar refractivity (Wildman–Crippen MR) is 173 cm³/mol. The lowest BCUT2D eigenvalue weighted by Gasteiger charge is -2.37. The number of aromatic nitrogens is 2. The summed E-state index contributed by atoms with van der Waals surface area (Å²) in [7, 11) is 0. The SMILES string of the molecule is CCCc1ccc2cc(C(O)(c3cn(C(c4ccccc4)(c4ccccc4)c4ccccc4)cn3)C(C)C)ccc2c1. The van der Waals surface area contributed by atoms with Crippen molar-refractivity contribution in [2.75, 3.05) is 0 Å². The molecule has 0 aliphatic carbocycles. The normalized spacial score (nSPS) is 13.4. The summed E-state index contributed by atoms with van der Waals surface area (Å²) in [5.74, 6) is -0.114. The van der Waals surface area contributed by atoms with E-state index in [2.05, 4.69) is 135 Å². The maximum absolute atomic E-state index is 12.5. The first kappa shape index (κ1) is 27.7. The van der Waals surface area contributed by atoms with Crippen molar-refractivity contribution in [2.24, 2.45) is 5.92 Å². The molecule has 1 aromatic heterocycles. The third-order valence-electron chi connectivity index (χ3n) is 8.65. The van der Waals surface area contributed by atoms with E-state index in [9.17, 15) is 5.11 Å². The number of hydrogen-bond acceptors (Lipinski definition) is 2. The van der Waals surface area contributed by atoms with E-state index >= 15 is 0 Å². The first-order valence-electron chi connectivity index (χ1n) is 14.9. The van der Waals surface area contributed by atoms with Crippen LogP contribution in [0.25, 0.3) is 10.8 Å². The maximum Gasteiger partial charge on any atom is 0.135 e. The van der Waals surface area contributed by atoms with E-state index in [1.807, 2.05) is 30.7 Å². The molecule has 1 atom stereocenters. The van der Waals surface area contributed by atoms with Crippen LogP contribution in [0.3, 0.4) is 0 Å². The maximum atomic E-state index is 12.5. The Kier molecular flexibility index (Phi) is 7.53. The van der Waals surface area contributed by atoms with Gasteiger partial charge in [0.1, 0.15) is 11.1 Å². The van der Waals surface area contributed by atoms with Crippen LogP contribution in [0.1, 0.15) is 60.7 Å². The summed E-state index contributed by atoms with van der Waals surface area (Å²) in [5.41, 5.74) is 4.21. The number of aryl methyl sites for hydroxylation is 1. The van der Waals surface area contributed by atoms with Crippen molar-refractivity contribution in [1.29, 1.82) is 0 Å². The lowest BCUT2D eigenvalue weighted by Crippen LogP contribution is -2.37. The lowest BCUT2D eigenvalue weighted by molar-refractivity contribution is 0.0279. The van der Waals surface area contributed by atoms with Crippen LogP contribution in [0.15, 0.2) is 140 Å². The fourth-order valence-corrected chi connectivity index (χ4v) is 6.44. The highest BCUT2D eigenvalue weighted by Crippen LogP contribution is 2.43. The second kappa shape index (κ2) is 11.4. The van der Waals surface area contributed by atoms with Crippen molar-refractivity contribution in [1.82, 2.24) is 9.55 Å². The average Bonchev–Trinajstić information content (AvgIpc) is 3.53. The zero-order chi connectivity index (χ0) is 29.2. The standard InChI is InChI=1S/C39H38N2O/c1-4-14-30-21-22-32-26-36(24-23-31(32)25-30)39(42,29(2)3)37-27-41(28-40-37)38(33-15-8-5-9-16-33,34-17-10-6-11-18-34)35-19-12-7-13-20-35/h5-13,15-29,42H,4,14H2,1-3H3. The van der Waals surface area contributed by atoms with Gasteiger partial charge in [0.25, 0.3) is 0 Å². The molecule has 3 nitrogen and oxygen atoms in total.